The minimum Gasteiger partial charge on any atom is -1.00 e. The van der Waals surface area contributed by atoms with Crippen molar-refractivity contribution in [1.82, 2.24) is 0 Å². The number of halogens is 8. The van der Waals surface area contributed by atoms with E-state index in [-0.39, 0.29) is 46.8 Å². The summed E-state index contributed by atoms with van der Waals surface area (Å²) < 4.78 is 76.7. The Balaban J connectivity index is 0.000000298. The maximum absolute atomic E-state index is 12.7. The van der Waals surface area contributed by atoms with Crippen LogP contribution in [-0.2, 0) is 47.4 Å². The van der Waals surface area contributed by atoms with Gasteiger partial charge in [-0.3, -0.25) is 6.08 Å². The molecule has 0 saturated heterocycles. The summed E-state index contributed by atoms with van der Waals surface area (Å²) in [6.45, 7) is 22.5. The molecule has 9 heteroatoms. The van der Waals surface area contributed by atoms with Gasteiger partial charge in [0.2, 0.25) is 0 Å². The summed E-state index contributed by atoms with van der Waals surface area (Å²) in [6.07, 6.45) is -3.29. The Morgan fingerprint density at radius 2 is 1.04 bits per heavy atom. The number of hydrogen-bond donors (Lipinski definition) is 0. The molecule has 5 aromatic carbocycles. The molecule has 0 bridgehead atoms. The maximum Gasteiger partial charge on any atom is -1.00 e. The fourth-order valence-electron chi connectivity index (χ4n) is 6.29. The summed E-state index contributed by atoms with van der Waals surface area (Å²) in [7, 11) is 0. The minimum atomic E-state index is -4.49. The van der Waals surface area contributed by atoms with Crippen LogP contribution in [0.5, 0.6) is 0 Å². The molecule has 294 valence electrons. The Kier molecular flexibility index (Phi) is 16.3. The van der Waals surface area contributed by atoms with Crippen molar-refractivity contribution in [3.8, 4) is 0 Å². The molecule has 0 N–H and O–H groups in total. The van der Waals surface area contributed by atoms with Crippen LogP contribution in [0.1, 0.15) is 103 Å². The second-order valence-electron chi connectivity index (χ2n) is 16.1. The molecule has 55 heavy (non-hydrogen) atoms. The number of alkyl halides is 6. The van der Waals surface area contributed by atoms with E-state index in [9.17, 15) is 26.3 Å². The Labute approximate surface area is 350 Å². The third kappa shape index (κ3) is 12.6. The molecule has 0 radical (unpaired) electrons. The van der Waals surface area contributed by atoms with Crippen molar-refractivity contribution < 1.29 is 75.4 Å². The Hall–Kier alpha value is -2.86. The van der Waals surface area contributed by atoms with Gasteiger partial charge in [-0.25, -0.2) is 5.57 Å². The van der Waals surface area contributed by atoms with E-state index in [4.69, 9.17) is 0 Å². The average Bonchev–Trinajstić information content (AvgIpc) is 3.61. The number of benzene rings is 4. The smallest absolute Gasteiger partial charge is 1.00 e. The molecule has 0 fully saturated rings. The van der Waals surface area contributed by atoms with Gasteiger partial charge in [0.05, 0.1) is 0 Å². The molecule has 1 aliphatic rings. The zero-order valence-electron chi connectivity index (χ0n) is 32.9. The topological polar surface area (TPSA) is 0 Å². The molecule has 0 nitrogen and oxygen atoms in total. The zero-order chi connectivity index (χ0) is 39.7. The van der Waals surface area contributed by atoms with Crippen LogP contribution in [0.15, 0.2) is 108 Å². The summed E-state index contributed by atoms with van der Waals surface area (Å²) in [4.78, 5) is 0. The molecule has 0 amide bonds. The number of allylic oxidation sites excluding steroid dienone is 4. The quantitative estimate of drug-likeness (QED) is 0.127. The molecule has 0 aliphatic heterocycles. The van der Waals surface area contributed by atoms with Crippen LogP contribution in [0.3, 0.4) is 0 Å². The van der Waals surface area contributed by atoms with E-state index in [1.54, 1.807) is 0 Å². The summed E-state index contributed by atoms with van der Waals surface area (Å²) in [5.41, 5.74) is 4.93. The summed E-state index contributed by atoms with van der Waals surface area (Å²) in [5.74, 6) is 1.20. The van der Waals surface area contributed by atoms with Crippen LogP contribution >= 0.6 is 0 Å². The van der Waals surface area contributed by atoms with Crippen LogP contribution in [0.25, 0.3) is 21.5 Å². The SMILES string of the molecule is CC(C)(C)c1ccc2[cH-]c3ccc(C(C)(C)C)cc3c2c1.CC1=[C-]C(C)C=C1C(C)C.FC(F)(F)c1cccc([C](=[Zr+2])c2cccc(C(F)(F)F)c2)c1.[Cl-].[Cl-]. The van der Waals surface area contributed by atoms with E-state index >= 15 is 0 Å². The predicted molar refractivity (Wildman–Crippen MR) is 205 cm³/mol. The van der Waals surface area contributed by atoms with Crippen LogP contribution in [0, 0.1) is 17.9 Å². The van der Waals surface area contributed by atoms with Crippen molar-refractivity contribution in [2.24, 2.45) is 11.8 Å². The third-order valence-corrected chi connectivity index (χ3v) is 10.7. The van der Waals surface area contributed by atoms with Crippen molar-refractivity contribution in [1.29, 1.82) is 0 Å². The Morgan fingerprint density at radius 1 is 0.636 bits per heavy atom. The summed E-state index contributed by atoms with van der Waals surface area (Å²) in [5, 5.41) is 5.49. The minimum absolute atomic E-state index is 0. The Morgan fingerprint density at radius 3 is 1.33 bits per heavy atom. The van der Waals surface area contributed by atoms with Gasteiger partial charge >= 0.3 is 137 Å². The van der Waals surface area contributed by atoms with Crippen molar-refractivity contribution in [3.63, 3.8) is 0 Å². The molecular weight excluding hydrogens is 829 g/mol. The second-order valence-corrected chi connectivity index (χ2v) is 17.3. The summed E-state index contributed by atoms with van der Waals surface area (Å²) >= 11 is 0.729. The summed E-state index contributed by atoms with van der Waals surface area (Å²) in [6, 6.07) is 25.3. The van der Waals surface area contributed by atoms with Gasteiger partial charge < -0.3 is 24.8 Å². The van der Waals surface area contributed by atoms with E-state index in [1.165, 1.54) is 68.1 Å². The maximum atomic E-state index is 12.7. The molecule has 0 heterocycles. The van der Waals surface area contributed by atoms with Crippen LogP contribution in [0.2, 0.25) is 0 Å². The fraction of sp³-hybridized carbons (Fsp3) is 0.348. The Bertz CT molecular complexity index is 2020. The van der Waals surface area contributed by atoms with Gasteiger partial charge in [-0.15, -0.1) is 39.7 Å². The van der Waals surface area contributed by atoms with E-state index in [1.807, 2.05) is 0 Å². The first kappa shape index (κ1) is 48.3. The molecule has 5 aromatic rings. The molecule has 0 spiro atoms. The predicted octanol–water partition coefficient (Wildman–Crippen LogP) is 8.12. The van der Waals surface area contributed by atoms with Gasteiger partial charge in [-0.1, -0.05) is 116 Å². The van der Waals surface area contributed by atoms with Crippen molar-refractivity contribution >= 4 is 24.8 Å². The van der Waals surface area contributed by atoms with Gasteiger partial charge in [0.25, 0.3) is 0 Å². The molecular formula is C46H48Cl2F6Zr-2. The molecule has 1 unspecified atom stereocenters. The number of rotatable bonds is 3. The van der Waals surface area contributed by atoms with Crippen molar-refractivity contribution in [2.45, 2.75) is 92.4 Å². The largest absolute Gasteiger partial charge is 1.00 e. The van der Waals surface area contributed by atoms with Crippen LogP contribution in [0.4, 0.5) is 26.3 Å². The van der Waals surface area contributed by atoms with E-state index in [0.29, 0.717) is 15.0 Å². The fourth-order valence-corrected chi connectivity index (χ4v) is 7.05. The van der Waals surface area contributed by atoms with Crippen LogP contribution < -0.4 is 24.8 Å². The van der Waals surface area contributed by atoms with E-state index in [0.717, 1.165) is 48.5 Å². The van der Waals surface area contributed by atoms with Gasteiger partial charge in [0, 0.05) is 0 Å². The first-order valence-electron chi connectivity index (χ1n) is 17.8. The normalized spacial score (nSPS) is 14.6. The molecule has 0 aromatic heterocycles. The number of hydrogen-bond acceptors (Lipinski definition) is 0. The average molecular weight is 877 g/mol. The van der Waals surface area contributed by atoms with Crippen molar-refractivity contribution in [2.75, 3.05) is 0 Å². The first-order valence-corrected chi connectivity index (χ1v) is 19.0. The zero-order valence-corrected chi connectivity index (χ0v) is 36.9. The van der Waals surface area contributed by atoms with Gasteiger partial charge in [-0.05, 0) is 10.8 Å². The van der Waals surface area contributed by atoms with E-state index < -0.39 is 23.5 Å². The van der Waals surface area contributed by atoms with E-state index in [2.05, 4.69) is 124 Å². The monoisotopic (exact) mass is 874 g/mol. The molecule has 1 atom stereocenters. The van der Waals surface area contributed by atoms with Crippen LogP contribution in [-0.4, -0.2) is 3.21 Å². The van der Waals surface area contributed by atoms with Gasteiger partial charge in [0.15, 0.2) is 0 Å². The van der Waals surface area contributed by atoms with Gasteiger partial charge in [-0.2, -0.15) is 11.6 Å². The molecule has 6 rings (SSSR count). The number of fused-ring (bicyclic) bond motifs is 3. The second kappa shape index (κ2) is 18.6. The van der Waals surface area contributed by atoms with Gasteiger partial charge in [0.1, 0.15) is 0 Å². The molecule has 1 aliphatic carbocycles. The third-order valence-electron chi connectivity index (χ3n) is 9.33. The first-order chi connectivity index (χ1) is 24.4. The standard InChI is InChI=1S/C21H25.C15H8F6.C10H15.2ClH.Zr/c1-20(2,3)16-9-7-14-11-15-8-10-17(21(4,5)6)13-19(15)18(14)12-16;16-14(17,18)12-5-1-3-10(8-12)7-11-4-2-6-13(9-11)15(19,20)21;1-7(2)10-6-8(3)5-9(10)4;;;/h7-13H,1-6H3;1-6,8-9H;6-8H,1-4H3;2*1H;/q-1;;-1;;;+2/p-2. The van der Waals surface area contributed by atoms with Crippen molar-refractivity contribution in [3.05, 3.63) is 148 Å². The molecule has 0 saturated carbocycles.